The number of nitrogens with one attached hydrogen (secondary N) is 2. The molecule has 146 valence electrons. The predicted molar refractivity (Wildman–Crippen MR) is 102 cm³/mol. The van der Waals surface area contributed by atoms with Crippen molar-refractivity contribution in [1.82, 2.24) is 10.3 Å². The third kappa shape index (κ3) is 6.06. The molecule has 7 heteroatoms. The SMILES string of the molecule is COc1ccc(CC(=O)NCc2cc(=O)c(OCC(C)C)c[nH]2)cc1OC. The van der Waals surface area contributed by atoms with E-state index in [4.69, 9.17) is 14.2 Å². The van der Waals surface area contributed by atoms with Gasteiger partial charge in [-0.2, -0.15) is 0 Å². The van der Waals surface area contributed by atoms with E-state index < -0.39 is 0 Å². The van der Waals surface area contributed by atoms with E-state index in [2.05, 4.69) is 10.3 Å². The first-order valence-electron chi connectivity index (χ1n) is 8.75. The van der Waals surface area contributed by atoms with E-state index in [0.29, 0.717) is 29.7 Å². The number of carbonyl (C=O) groups excluding carboxylic acids is 1. The van der Waals surface area contributed by atoms with Crippen LogP contribution in [-0.2, 0) is 17.8 Å². The van der Waals surface area contributed by atoms with E-state index >= 15 is 0 Å². The number of methoxy groups -OCH3 is 2. The normalized spacial score (nSPS) is 10.6. The minimum Gasteiger partial charge on any atom is -0.493 e. The summed E-state index contributed by atoms with van der Waals surface area (Å²) in [6, 6.07) is 6.77. The Balaban J connectivity index is 1.92. The second-order valence-electron chi connectivity index (χ2n) is 6.53. The quantitative estimate of drug-likeness (QED) is 0.703. The number of carbonyl (C=O) groups is 1. The third-order valence-corrected chi connectivity index (χ3v) is 3.80. The number of rotatable bonds is 9. The minimum atomic E-state index is -0.210. The molecule has 0 unspecified atom stereocenters. The largest absolute Gasteiger partial charge is 0.493 e. The summed E-state index contributed by atoms with van der Waals surface area (Å²) in [4.78, 5) is 27.2. The fourth-order valence-corrected chi connectivity index (χ4v) is 2.40. The number of hydrogen-bond acceptors (Lipinski definition) is 5. The molecule has 0 bridgehead atoms. The van der Waals surface area contributed by atoms with Crippen LogP contribution < -0.4 is 25.0 Å². The molecule has 0 radical (unpaired) electrons. The molecule has 2 aromatic rings. The van der Waals surface area contributed by atoms with Crippen LogP contribution in [0.1, 0.15) is 25.1 Å². The second-order valence-corrected chi connectivity index (χ2v) is 6.53. The molecule has 1 aromatic carbocycles. The van der Waals surface area contributed by atoms with Gasteiger partial charge in [0, 0.05) is 18.0 Å². The summed E-state index contributed by atoms with van der Waals surface area (Å²) in [5.74, 6) is 1.63. The van der Waals surface area contributed by atoms with Gasteiger partial charge in [0.2, 0.25) is 11.3 Å². The Kier molecular flexibility index (Phi) is 7.28. The van der Waals surface area contributed by atoms with Crippen molar-refractivity contribution in [2.45, 2.75) is 26.8 Å². The van der Waals surface area contributed by atoms with Gasteiger partial charge in [-0.15, -0.1) is 0 Å². The van der Waals surface area contributed by atoms with Crippen LogP contribution in [0.3, 0.4) is 0 Å². The summed E-state index contributed by atoms with van der Waals surface area (Å²) >= 11 is 0. The van der Waals surface area contributed by atoms with Crippen molar-refractivity contribution in [3.8, 4) is 17.2 Å². The molecular formula is C20H26N2O5. The van der Waals surface area contributed by atoms with Gasteiger partial charge in [0.05, 0.1) is 33.8 Å². The summed E-state index contributed by atoms with van der Waals surface area (Å²) in [6.07, 6.45) is 1.72. The Bertz CT molecular complexity index is 829. The molecule has 1 aromatic heterocycles. The summed E-state index contributed by atoms with van der Waals surface area (Å²) in [7, 11) is 3.11. The van der Waals surface area contributed by atoms with E-state index in [9.17, 15) is 9.59 Å². The zero-order valence-corrected chi connectivity index (χ0v) is 16.1. The first-order valence-corrected chi connectivity index (χ1v) is 8.75. The standard InChI is InChI=1S/C20H26N2O5/c1-13(2)12-27-19-11-21-15(9-16(19)23)10-22-20(24)8-14-5-6-17(25-3)18(7-14)26-4/h5-7,9,11,13H,8,10,12H2,1-4H3,(H,21,23)(H,22,24). The number of pyridine rings is 1. The van der Waals surface area contributed by atoms with Crippen molar-refractivity contribution >= 4 is 5.91 Å². The highest BCUT2D eigenvalue weighted by Crippen LogP contribution is 2.27. The maximum absolute atomic E-state index is 12.2. The molecule has 2 N–H and O–H groups in total. The van der Waals surface area contributed by atoms with E-state index in [1.54, 1.807) is 26.4 Å². The van der Waals surface area contributed by atoms with Crippen molar-refractivity contribution < 1.29 is 19.0 Å². The smallest absolute Gasteiger partial charge is 0.224 e. The van der Waals surface area contributed by atoms with E-state index in [-0.39, 0.29) is 30.1 Å². The van der Waals surface area contributed by atoms with Gasteiger partial charge in [0.25, 0.3) is 0 Å². The van der Waals surface area contributed by atoms with Crippen molar-refractivity contribution in [1.29, 1.82) is 0 Å². The molecule has 0 aliphatic carbocycles. The average molecular weight is 374 g/mol. The third-order valence-electron chi connectivity index (χ3n) is 3.80. The highest BCUT2D eigenvalue weighted by molar-refractivity contribution is 5.78. The van der Waals surface area contributed by atoms with Crippen LogP contribution in [0.25, 0.3) is 0 Å². The van der Waals surface area contributed by atoms with Crippen LogP contribution in [0.15, 0.2) is 35.3 Å². The summed E-state index contributed by atoms with van der Waals surface area (Å²) in [5, 5.41) is 2.79. The molecule has 0 fully saturated rings. The summed E-state index contributed by atoms with van der Waals surface area (Å²) in [5.41, 5.74) is 1.20. The van der Waals surface area contributed by atoms with Crippen LogP contribution in [0, 0.1) is 5.92 Å². The number of aromatic amines is 1. The lowest BCUT2D eigenvalue weighted by Gasteiger charge is -2.11. The molecule has 0 saturated carbocycles. The molecule has 0 aliphatic heterocycles. The fourth-order valence-electron chi connectivity index (χ4n) is 2.40. The average Bonchev–Trinajstić information content (AvgIpc) is 2.65. The molecule has 0 aliphatic rings. The zero-order valence-electron chi connectivity index (χ0n) is 16.1. The van der Waals surface area contributed by atoms with Crippen molar-refractivity contribution in [3.63, 3.8) is 0 Å². The van der Waals surface area contributed by atoms with E-state index in [1.807, 2.05) is 19.9 Å². The minimum absolute atomic E-state index is 0.164. The number of hydrogen-bond donors (Lipinski definition) is 2. The lowest BCUT2D eigenvalue weighted by atomic mass is 10.1. The Morgan fingerprint density at radius 3 is 2.48 bits per heavy atom. The molecule has 1 amide bonds. The summed E-state index contributed by atoms with van der Waals surface area (Å²) < 4.78 is 15.9. The number of benzene rings is 1. The van der Waals surface area contributed by atoms with Gasteiger partial charge in [-0.3, -0.25) is 9.59 Å². The summed E-state index contributed by atoms with van der Waals surface area (Å²) in [6.45, 7) is 4.73. The van der Waals surface area contributed by atoms with Gasteiger partial charge < -0.3 is 24.5 Å². The first kappa shape index (κ1) is 20.4. The van der Waals surface area contributed by atoms with Gasteiger partial charge in [0.15, 0.2) is 17.2 Å². The molecule has 27 heavy (non-hydrogen) atoms. The van der Waals surface area contributed by atoms with Gasteiger partial charge >= 0.3 is 0 Å². The fraction of sp³-hybridized carbons (Fsp3) is 0.400. The van der Waals surface area contributed by atoms with Crippen molar-refractivity contribution in [2.24, 2.45) is 5.92 Å². The van der Waals surface area contributed by atoms with Crippen LogP contribution >= 0.6 is 0 Å². The van der Waals surface area contributed by atoms with Crippen LogP contribution in [0.5, 0.6) is 17.2 Å². The lowest BCUT2D eigenvalue weighted by Crippen LogP contribution is -2.25. The highest BCUT2D eigenvalue weighted by atomic mass is 16.5. The molecule has 0 saturated heterocycles. The van der Waals surface area contributed by atoms with Crippen LogP contribution in [0.4, 0.5) is 0 Å². The number of ether oxygens (including phenoxy) is 3. The number of amides is 1. The van der Waals surface area contributed by atoms with Crippen LogP contribution in [-0.4, -0.2) is 31.7 Å². The Hall–Kier alpha value is -2.96. The van der Waals surface area contributed by atoms with Gasteiger partial charge in [-0.25, -0.2) is 0 Å². The van der Waals surface area contributed by atoms with Crippen molar-refractivity contribution in [3.05, 3.63) is 51.9 Å². The molecule has 0 spiro atoms. The van der Waals surface area contributed by atoms with Crippen LogP contribution in [0.2, 0.25) is 0 Å². The molecular weight excluding hydrogens is 348 g/mol. The molecule has 7 nitrogen and oxygen atoms in total. The van der Waals surface area contributed by atoms with Gasteiger partial charge in [-0.05, 0) is 23.6 Å². The first-order chi connectivity index (χ1) is 12.9. The topological polar surface area (TPSA) is 89.6 Å². The van der Waals surface area contributed by atoms with Gasteiger partial charge in [-0.1, -0.05) is 19.9 Å². The Labute approximate surface area is 158 Å². The van der Waals surface area contributed by atoms with E-state index in [1.165, 1.54) is 12.3 Å². The van der Waals surface area contributed by atoms with E-state index in [0.717, 1.165) is 5.56 Å². The lowest BCUT2D eigenvalue weighted by molar-refractivity contribution is -0.120. The zero-order chi connectivity index (χ0) is 19.8. The molecule has 0 atom stereocenters. The number of aromatic nitrogens is 1. The molecule has 2 rings (SSSR count). The maximum atomic E-state index is 12.2. The second kappa shape index (κ2) is 9.66. The highest BCUT2D eigenvalue weighted by Gasteiger charge is 2.09. The Morgan fingerprint density at radius 2 is 1.85 bits per heavy atom. The Morgan fingerprint density at radius 1 is 1.11 bits per heavy atom. The molecule has 1 heterocycles. The maximum Gasteiger partial charge on any atom is 0.224 e. The number of H-pyrrole nitrogens is 1. The van der Waals surface area contributed by atoms with Gasteiger partial charge in [0.1, 0.15) is 0 Å². The monoisotopic (exact) mass is 374 g/mol. The van der Waals surface area contributed by atoms with Crippen molar-refractivity contribution in [2.75, 3.05) is 20.8 Å². The predicted octanol–water partition coefficient (Wildman–Crippen LogP) is 2.29.